The number of carboxylic acids is 1. The highest BCUT2D eigenvalue weighted by atomic mass is 16.4. The second kappa shape index (κ2) is 9.77. The van der Waals surface area contributed by atoms with E-state index in [2.05, 4.69) is 26.1 Å². The molecule has 0 aromatic rings. The number of aliphatic carboxylic acids is 1. The highest BCUT2D eigenvalue weighted by molar-refractivity contribution is 5.75. The number of hydrogen-bond donors (Lipinski definition) is 3. The predicted octanol–water partition coefficient (Wildman–Crippen LogP) is 2.39. The van der Waals surface area contributed by atoms with E-state index < -0.39 is 5.97 Å². The van der Waals surface area contributed by atoms with Crippen LogP contribution in [0.5, 0.6) is 0 Å². The molecule has 0 fully saturated rings. The van der Waals surface area contributed by atoms with Crippen molar-refractivity contribution in [3.05, 3.63) is 0 Å². The molecule has 0 saturated carbocycles. The van der Waals surface area contributed by atoms with E-state index in [1.165, 1.54) is 0 Å². The average Bonchev–Trinajstić information content (AvgIpc) is 2.37. The number of hydrogen-bond acceptors (Lipinski definition) is 3. The Labute approximate surface area is 128 Å². The molecule has 0 heterocycles. The molecule has 0 saturated heterocycles. The lowest BCUT2D eigenvalue weighted by Crippen LogP contribution is -2.30. The van der Waals surface area contributed by atoms with Crippen molar-refractivity contribution in [2.75, 3.05) is 13.1 Å². The van der Waals surface area contributed by atoms with Gasteiger partial charge in [-0.3, -0.25) is 9.59 Å². The van der Waals surface area contributed by atoms with Crippen LogP contribution in [0.15, 0.2) is 0 Å². The van der Waals surface area contributed by atoms with Crippen LogP contribution in [0, 0.1) is 17.3 Å². The molecule has 0 rings (SSSR count). The molecule has 5 heteroatoms. The summed E-state index contributed by atoms with van der Waals surface area (Å²) in [5, 5.41) is 11.7. The number of amides is 1. The summed E-state index contributed by atoms with van der Waals surface area (Å²) in [5.74, 6) is -0.0456. The Hall–Kier alpha value is -1.10. The van der Waals surface area contributed by atoms with Gasteiger partial charge < -0.3 is 16.2 Å². The van der Waals surface area contributed by atoms with Crippen molar-refractivity contribution in [1.29, 1.82) is 0 Å². The Balaban J connectivity index is 4.07. The van der Waals surface area contributed by atoms with E-state index in [1.807, 2.05) is 6.92 Å². The van der Waals surface area contributed by atoms with Crippen LogP contribution >= 0.6 is 0 Å². The zero-order valence-corrected chi connectivity index (χ0v) is 13.9. The van der Waals surface area contributed by atoms with Gasteiger partial charge in [0.1, 0.15) is 0 Å². The van der Waals surface area contributed by atoms with Crippen molar-refractivity contribution < 1.29 is 14.7 Å². The molecule has 21 heavy (non-hydrogen) atoms. The number of nitrogens with one attached hydrogen (secondary N) is 1. The first-order chi connectivity index (χ1) is 9.66. The fourth-order valence-electron chi connectivity index (χ4n) is 2.28. The van der Waals surface area contributed by atoms with Gasteiger partial charge in [0, 0.05) is 19.4 Å². The molecule has 2 atom stereocenters. The molecule has 0 aromatic carbocycles. The quantitative estimate of drug-likeness (QED) is 0.577. The maximum absolute atomic E-state index is 11.7. The molecule has 124 valence electrons. The molecule has 5 nitrogen and oxygen atoms in total. The Morgan fingerprint density at radius 2 is 1.76 bits per heavy atom. The van der Waals surface area contributed by atoms with Crippen LogP contribution in [0.4, 0.5) is 0 Å². The first-order valence-electron chi connectivity index (χ1n) is 7.85. The van der Waals surface area contributed by atoms with Crippen molar-refractivity contribution in [3.8, 4) is 0 Å². The summed E-state index contributed by atoms with van der Waals surface area (Å²) in [6.07, 6.45) is 2.97. The topological polar surface area (TPSA) is 92.4 Å². The Morgan fingerprint density at radius 3 is 2.24 bits per heavy atom. The number of rotatable bonds is 10. The summed E-state index contributed by atoms with van der Waals surface area (Å²) in [6.45, 7) is 9.60. The molecular weight excluding hydrogens is 268 g/mol. The Morgan fingerprint density at radius 1 is 1.14 bits per heavy atom. The summed E-state index contributed by atoms with van der Waals surface area (Å²) in [4.78, 5) is 22.4. The number of carbonyl (C=O) groups excluding carboxylic acids is 1. The van der Waals surface area contributed by atoms with Crippen LogP contribution in [0.1, 0.15) is 59.8 Å². The molecule has 0 aromatic heterocycles. The van der Waals surface area contributed by atoms with Crippen LogP contribution in [0.3, 0.4) is 0 Å². The zero-order valence-electron chi connectivity index (χ0n) is 13.9. The maximum Gasteiger partial charge on any atom is 0.303 e. The van der Waals surface area contributed by atoms with E-state index in [0.29, 0.717) is 31.8 Å². The molecule has 0 aliphatic heterocycles. The van der Waals surface area contributed by atoms with Gasteiger partial charge in [-0.25, -0.2) is 0 Å². The van der Waals surface area contributed by atoms with Crippen LogP contribution in [-0.4, -0.2) is 30.1 Å². The van der Waals surface area contributed by atoms with Gasteiger partial charge in [-0.05, 0) is 43.1 Å². The molecule has 0 aliphatic carbocycles. The Bertz CT molecular complexity index is 324. The number of carbonyl (C=O) groups is 2. The first kappa shape index (κ1) is 19.9. The van der Waals surface area contributed by atoms with Crippen molar-refractivity contribution in [3.63, 3.8) is 0 Å². The molecule has 0 aliphatic rings. The lowest BCUT2D eigenvalue weighted by Gasteiger charge is -2.30. The van der Waals surface area contributed by atoms with E-state index >= 15 is 0 Å². The van der Waals surface area contributed by atoms with Gasteiger partial charge in [-0.2, -0.15) is 0 Å². The fraction of sp³-hybridized carbons (Fsp3) is 0.875. The van der Waals surface area contributed by atoms with Gasteiger partial charge in [0.15, 0.2) is 0 Å². The monoisotopic (exact) mass is 300 g/mol. The van der Waals surface area contributed by atoms with Gasteiger partial charge in [-0.15, -0.1) is 0 Å². The zero-order chi connectivity index (χ0) is 16.5. The van der Waals surface area contributed by atoms with Gasteiger partial charge in [0.05, 0.1) is 0 Å². The van der Waals surface area contributed by atoms with Crippen molar-refractivity contribution >= 4 is 11.9 Å². The van der Waals surface area contributed by atoms with Gasteiger partial charge in [-0.1, -0.05) is 27.7 Å². The minimum atomic E-state index is -0.760. The predicted molar refractivity (Wildman–Crippen MR) is 84.9 cm³/mol. The third-order valence-corrected chi connectivity index (χ3v) is 4.01. The Kier molecular flexibility index (Phi) is 9.26. The molecule has 0 bridgehead atoms. The molecule has 2 unspecified atom stereocenters. The number of nitrogens with two attached hydrogens (primary N) is 1. The number of carboxylic acid groups (broad SMARTS) is 1. The third kappa shape index (κ3) is 10.3. The van der Waals surface area contributed by atoms with Gasteiger partial charge in [0.25, 0.3) is 0 Å². The normalized spacial score (nSPS) is 14.5. The van der Waals surface area contributed by atoms with E-state index in [1.54, 1.807) is 0 Å². The highest BCUT2D eigenvalue weighted by Crippen LogP contribution is 2.32. The van der Waals surface area contributed by atoms with E-state index in [-0.39, 0.29) is 23.7 Å². The van der Waals surface area contributed by atoms with Gasteiger partial charge in [0.2, 0.25) is 5.91 Å². The van der Waals surface area contributed by atoms with Crippen molar-refractivity contribution in [2.45, 2.75) is 59.8 Å². The lowest BCUT2D eigenvalue weighted by atomic mass is 9.76. The van der Waals surface area contributed by atoms with Crippen LogP contribution < -0.4 is 11.1 Å². The van der Waals surface area contributed by atoms with Crippen molar-refractivity contribution in [2.24, 2.45) is 23.0 Å². The smallest absolute Gasteiger partial charge is 0.303 e. The van der Waals surface area contributed by atoms with Gasteiger partial charge >= 0.3 is 5.97 Å². The largest absolute Gasteiger partial charge is 0.481 e. The minimum absolute atomic E-state index is 0.0498. The highest BCUT2D eigenvalue weighted by Gasteiger charge is 2.24. The average molecular weight is 300 g/mol. The molecule has 1 amide bonds. The van der Waals surface area contributed by atoms with Crippen molar-refractivity contribution in [1.82, 2.24) is 5.32 Å². The second-order valence-electron chi connectivity index (χ2n) is 7.01. The summed E-state index contributed by atoms with van der Waals surface area (Å²) in [7, 11) is 0. The molecular formula is C16H32N2O3. The second-order valence-corrected chi connectivity index (χ2v) is 7.01. The lowest BCUT2D eigenvalue weighted by molar-refractivity contribution is -0.137. The first-order valence-corrected chi connectivity index (χ1v) is 7.85. The minimum Gasteiger partial charge on any atom is -0.481 e. The van der Waals surface area contributed by atoms with Crippen LogP contribution in [0.25, 0.3) is 0 Å². The van der Waals surface area contributed by atoms with E-state index in [9.17, 15) is 9.59 Å². The maximum atomic E-state index is 11.7. The molecule has 0 spiro atoms. The summed E-state index contributed by atoms with van der Waals surface area (Å²) in [6, 6.07) is 0. The molecule has 0 radical (unpaired) electrons. The standard InChI is InChI=1S/C16H32N2O3/c1-12(11-17)5-7-14(19)18-10-9-13(16(2,3)4)6-8-15(20)21/h12-13H,5-11,17H2,1-4H3,(H,18,19)(H,20,21). The summed E-state index contributed by atoms with van der Waals surface area (Å²) >= 11 is 0. The summed E-state index contributed by atoms with van der Waals surface area (Å²) < 4.78 is 0. The fourth-order valence-corrected chi connectivity index (χ4v) is 2.28. The van der Waals surface area contributed by atoms with E-state index in [4.69, 9.17) is 10.8 Å². The SMILES string of the molecule is CC(CN)CCC(=O)NCCC(CCC(=O)O)C(C)(C)C. The van der Waals surface area contributed by atoms with Crippen LogP contribution in [0.2, 0.25) is 0 Å². The molecule has 4 N–H and O–H groups in total. The summed E-state index contributed by atoms with van der Waals surface area (Å²) in [5.41, 5.74) is 5.57. The van der Waals surface area contributed by atoms with E-state index in [0.717, 1.165) is 12.8 Å². The van der Waals surface area contributed by atoms with Crippen LogP contribution in [-0.2, 0) is 9.59 Å². The third-order valence-electron chi connectivity index (χ3n) is 4.01.